The summed E-state index contributed by atoms with van der Waals surface area (Å²) in [7, 11) is 1.51. The second-order valence-corrected chi connectivity index (χ2v) is 5.77. The lowest BCUT2D eigenvalue weighted by atomic mass is 10.2. The highest BCUT2D eigenvalue weighted by molar-refractivity contribution is 8.18. The lowest BCUT2D eigenvalue weighted by Crippen LogP contribution is -2.31. The van der Waals surface area contributed by atoms with Crippen LogP contribution in [0.4, 0.5) is 4.79 Å². The van der Waals surface area contributed by atoms with Crippen LogP contribution in [-0.2, 0) is 9.53 Å². The van der Waals surface area contributed by atoms with E-state index in [-0.39, 0.29) is 17.7 Å². The van der Waals surface area contributed by atoms with E-state index in [9.17, 15) is 9.59 Å². The van der Waals surface area contributed by atoms with E-state index in [1.165, 1.54) is 7.11 Å². The minimum absolute atomic E-state index is 0.231. The van der Waals surface area contributed by atoms with Crippen LogP contribution < -0.4 is 0 Å². The predicted octanol–water partition coefficient (Wildman–Crippen LogP) is 3.68. The van der Waals surface area contributed by atoms with Crippen LogP contribution in [0.25, 0.3) is 6.08 Å². The molecule has 2 amide bonds. The molecule has 106 valence electrons. The van der Waals surface area contributed by atoms with Crippen molar-refractivity contribution in [3.05, 3.63) is 38.7 Å². The summed E-state index contributed by atoms with van der Waals surface area (Å²) in [4.78, 5) is 25.3. The lowest BCUT2D eigenvalue weighted by Gasteiger charge is -2.10. The molecule has 1 aromatic carbocycles. The molecular weight excluding hydrogens is 321 g/mol. The van der Waals surface area contributed by atoms with Crippen molar-refractivity contribution in [3.63, 3.8) is 0 Å². The van der Waals surface area contributed by atoms with Gasteiger partial charge in [0, 0.05) is 22.7 Å². The third-order valence-corrected chi connectivity index (χ3v) is 4.23. The Hall–Kier alpha value is -1.01. The molecule has 0 bridgehead atoms. The van der Waals surface area contributed by atoms with Crippen molar-refractivity contribution in [2.75, 3.05) is 20.3 Å². The first-order valence-electron chi connectivity index (χ1n) is 5.73. The normalized spacial score (nSPS) is 17.4. The van der Waals surface area contributed by atoms with Crippen molar-refractivity contribution in [1.82, 2.24) is 4.90 Å². The fraction of sp³-hybridized carbons (Fsp3) is 0.231. The van der Waals surface area contributed by atoms with Gasteiger partial charge in [-0.25, -0.2) is 0 Å². The van der Waals surface area contributed by atoms with E-state index in [1.807, 2.05) is 0 Å². The minimum Gasteiger partial charge on any atom is -0.383 e. The summed E-state index contributed by atoms with van der Waals surface area (Å²) >= 11 is 13.0. The number of ether oxygens (including phenoxy) is 1. The zero-order chi connectivity index (χ0) is 14.7. The number of carbonyl (C=O) groups excluding carboxylic acids is 2. The van der Waals surface area contributed by atoms with Crippen LogP contribution >= 0.6 is 35.0 Å². The Morgan fingerprint density at radius 2 is 1.95 bits per heavy atom. The highest BCUT2D eigenvalue weighted by atomic mass is 35.5. The molecule has 0 aliphatic carbocycles. The second kappa shape index (κ2) is 6.63. The van der Waals surface area contributed by atoms with Crippen LogP contribution in [0, 0.1) is 0 Å². The van der Waals surface area contributed by atoms with Crippen LogP contribution in [0.5, 0.6) is 0 Å². The van der Waals surface area contributed by atoms with E-state index in [4.69, 9.17) is 27.9 Å². The number of methoxy groups -OCH3 is 1. The maximum atomic E-state index is 12.1. The van der Waals surface area contributed by atoms with Crippen LogP contribution in [0.1, 0.15) is 5.56 Å². The number of carbonyl (C=O) groups is 2. The minimum atomic E-state index is -0.354. The molecule has 1 aliphatic rings. The van der Waals surface area contributed by atoms with Crippen LogP contribution in [0.15, 0.2) is 23.1 Å². The average molecular weight is 332 g/mol. The molecule has 4 nitrogen and oxygen atoms in total. The number of imide groups is 1. The van der Waals surface area contributed by atoms with E-state index >= 15 is 0 Å². The molecule has 0 aromatic heterocycles. The molecule has 20 heavy (non-hydrogen) atoms. The summed E-state index contributed by atoms with van der Waals surface area (Å²) in [6, 6.07) is 5.06. The maximum Gasteiger partial charge on any atom is 0.293 e. The van der Waals surface area contributed by atoms with Gasteiger partial charge in [-0.3, -0.25) is 14.5 Å². The van der Waals surface area contributed by atoms with E-state index in [0.29, 0.717) is 27.1 Å². The number of thioether (sulfide) groups is 1. The van der Waals surface area contributed by atoms with Crippen molar-refractivity contribution in [3.8, 4) is 0 Å². The van der Waals surface area contributed by atoms with E-state index in [1.54, 1.807) is 24.3 Å². The Labute approximate surface area is 130 Å². The molecule has 0 spiro atoms. The van der Waals surface area contributed by atoms with Gasteiger partial charge in [-0.05, 0) is 30.0 Å². The summed E-state index contributed by atoms with van der Waals surface area (Å²) in [5.74, 6) is -0.354. The van der Waals surface area contributed by atoms with Crippen LogP contribution in [0.2, 0.25) is 10.0 Å². The molecule has 1 aliphatic heterocycles. The zero-order valence-corrected chi connectivity index (χ0v) is 12.9. The summed E-state index contributed by atoms with van der Waals surface area (Å²) in [5, 5.41) is 0.545. The van der Waals surface area contributed by atoms with Gasteiger partial charge in [0.15, 0.2) is 0 Å². The summed E-state index contributed by atoms with van der Waals surface area (Å²) in [6.07, 6.45) is 1.54. The summed E-state index contributed by atoms with van der Waals surface area (Å²) in [5.41, 5.74) is 0.535. The first-order chi connectivity index (χ1) is 9.54. The predicted molar refractivity (Wildman–Crippen MR) is 81.0 cm³/mol. The molecule has 0 unspecified atom stereocenters. The Morgan fingerprint density at radius 3 is 2.55 bits per heavy atom. The number of halogens is 2. The fourth-order valence-corrected chi connectivity index (χ4v) is 3.01. The number of rotatable bonds is 4. The van der Waals surface area contributed by atoms with Gasteiger partial charge in [-0.1, -0.05) is 29.3 Å². The average Bonchev–Trinajstić information content (AvgIpc) is 2.67. The van der Waals surface area contributed by atoms with Gasteiger partial charge in [-0.15, -0.1) is 0 Å². The van der Waals surface area contributed by atoms with Crippen molar-refractivity contribution in [2.45, 2.75) is 0 Å². The molecular formula is C13H11Cl2NO3S. The first-order valence-corrected chi connectivity index (χ1v) is 7.30. The van der Waals surface area contributed by atoms with Gasteiger partial charge in [0.05, 0.1) is 18.1 Å². The van der Waals surface area contributed by atoms with Crippen LogP contribution in [0.3, 0.4) is 0 Å². The molecule has 1 saturated heterocycles. The van der Waals surface area contributed by atoms with Gasteiger partial charge in [0.2, 0.25) is 0 Å². The van der Waals surface area contributed by atoms with Gasteiger partial charge in [-0.2, -0.15) is 0 Å². The molecule has 1 fully saturated rings. The monoisotopic (exact) mass is 331 g/mol. The number of hydrogen-bond acceptors (Lipinski definition) is 4. The third-order valence-electron chi connectivity index (χ3n) is 2.67. The number of benzene rings is 1. The molecule has 1 aromatic rings. The lowest BCUT2D eigenvalue weighted by molar-refractivity contribution is -0.123. The maximum absolute atomic E-state index is 12.1. The Kier molecular flexibility index (Phi) is 5.10. The van der Waals surface area contributed by atoms with Crippen molar-refractivity contribution < 1.29 is 14.3 Å². The topological polar surface area (TPSA) is 46.6 Å². The largest absolute Gasteiger partial charge is 0.383 e. The highest BCUT2D eigenvalue weighted by Gasteiger charge is 2.34. The quantitative estimate of drug-likeness (QED) is 0.789. The molecule has 2 rings (SSSR count). The third kappa shape index (κ3) is 3.17. The van der Waals surface area contributed by atoms with Gasteiger partial charge in [0.25, 0.3) is 11.1 Å². The summed E-state index contributed by atoms with van der Waals surface area (Å²) < 4.78 is 4.88. The smallest absolute Gasteiger partial charge is 0.293 e. The van der Waals surface area contributed by atoms with Crippen molar-refractivity contribution in [1.29, 1.82) is 0 Å². The Morgan fingerprint density at radius 1 is 1.30 bits per heavy atom. The van der Waals surface area contributed by atoms with Crippen molar-refractivity contribution in [2.24, 2.45) is 0 Å². The first kappa shape index (κ1) is 15.4. The Balaban J connectivity index is 2.28. The van der Waals surface area contributed by atoms with Crippen LogP contribution in [-0.4, -0.2) is 36.3 Å². The van der Waals surface area contributed by atoms with Crippen molar-refractivity contribution >= 4 is 52.2 Å². The SMILES string of the molecule is COCCN1C(=O)S/C(=C/c2c(Cl)cccc2Cl)C1=O. The van der Waals surface area contributed by atoms with E-state index in [2.05, 4.69) is 0 Å². The molecule has 0 N–H and O–H groups in total. The van der Waals surface area contributed by atoms with Gasteiger partial charge in [0.1, 0.15) is 0 Å². The van der Waals surface area contributed by atoms with E-state index in [0.717, 1.165) is 16.7 Å². The number of nitrogens with zero attached hydrogens (tertiary/aromatic N) is 1. The second-order valence-electron chi connectivity index (χ2n) is 3.96. The van der Waals surface area contributed by atoms with E-state index < -0.39 is 0 Å². The highest BCUT2D eigenvalue weighted by Crippen LogP contribution is 2.35. The molecule has 0 atom stereocenters. The molecule has 1 heterocycles. The van der Waals surface area contributed by atoms with Gasteiger partial charge >= 0.3 is 0 Å². The molecule has 0 radical (unpaired) electrons. The standard InChI is InChI=1S/C13H11Cl2NO3S/c1-19-6-5-16-12(17)11(20-13(16)18)7-8-9(14)3-2-4-10(8)15/h2-4,7H,5-6H2,1H3/b11-7+. The molecule has 7 heteroatoms. The fourth-order valence-electron chi connectivity index (χ4n) is 1.66. The summed E-state index contributed by atoms with van der Waals surface area (Å²) in [6.45, 7) is 0.535. The zero-order valence-electron chi connectivity index (χ0n) is 10.6. The number of amides is 2. The Bertz CT molecular complexity index is 569. The van der Waals surface area contributed by atoms with Gasteiger partial charge < -0.3 is 4.74 Å². The number of hydrogen-bond donors (Lipinski definition) is 0. The molecule has 0 saturated carbocycles.